The van der Waals surface area contributed by atoms with Crippen molar-refractivity contribution in [3.63, 3.8) is 0 Å². The molecule has 3 aromatic rings. The average molecular weight is 520 g/mol. The molecule has 0 aliphatic carbocycles. The summed E-state index contributed by atoms with van der Waals surface area (Å²) >= 11 is 4.58. The van der Waals surface area contributed by atoms with Crippen molar-refractivity contribution >= 4 is 39.8 Å². The fourth-order valence-electron chi connectivity index (χ4n) is 2.83. The molecule has 0 aliphatic rings. The molecule has 0 atom stereocenters. The highest BCUT2D eigenvalue weighted by Gasteiger charge is 2.16. The van der Waals surface area contributed by atoms with E-state index < -0.39 is 0 Å². The van der Waals surface area contributed by atoms with Crippen molar-refractivity contribution in [1.82, 2.24) is 20.2 Å². The first-order valence-corrected chi connectivity index (χ1v) is 11.3. The molecule has 0 radical (unpaired) electrons. The van der Waals surface area contributed by atoms with E-state index in [1.165, 1.54) is 24.0 Å². The minimum absolute atomic E-state index is 0.0688. The normalized spacial score (nSPS) is 11.0. The van der Waals surface area contributed by atoms with E-state index in [0.717, 1.165) is 10.0 Å². The Morgan fingerprint density at radius 2 is 2.00 bits per heavy atom. The Balaban J connectivity index is 1.66. The standard InChI is InChI=1S/C21H22BrN5O4S/c1-4-27-20(13-5-8-17(30-2)18(10-13)31-3)25-26-21(27)32-12-19(29)24-23-11-14-9-15(22)6-7-16(14)28/h5-11,28H,4,12H2,1-3H3,(H,24,29). The van der Waals surface area contributed by atoms with Crippen molar-refractivity contribution in [3.8, 4) is 28.6 Å². The zero-order valence-corrected chi connectivity index (χ0v) is 20.1. The van der Waals surface area contributed by atoms with Gasteiger partial charge in [0.05, 0.1) is 26.2 Å². The van der Waals surface area contributed by atoms with Crippen LogP contribution in [0.3, 0.4) is 0 Å². The summed E-state index contributed by atoms with van der Waals surface area (Å²) in [6.45, 7) is 2.60. The number of carbonyl (C=O) groups is 1. The van der Waals surface area contributed by atoms with E-state index in [0.29, 0.717) is 34.6 Å². The maximum atomic E-state index is 12.2. The number of thioether (sulfide) groups is 1. The maximum Gasteiger partial charge on any atom is 0.250 e. The molecule has 32 heavy (non-hydrogen) atoms. The fraction of sp³-hybridized carbons (Fsp3) is 0.238. The van der Waals surface area contributed by atoms with Crippen molar-refractivity contribution in [2.24, 2.45) is 5.10 Å². The summed E-state index contributed by atoms with van der Waals surface area (Å²) in [5.74, 6) is 1.75. The predicted molar refractivity (Wildman–Crippen MR) is 127 cm³/mol. The number of phenolic OH excluding ortho intramolecular Hbond substituents is 1. The lowest BCUT2D eigenvalue weighted by Crippen LogP contribution is -2.20. The van der Waals surface area contributed by atoms with Gasteiger partial charge in [0.15, 0.2) is 22.5 Å². The minimum atomic E-state index is -0.306. The number of rotatable bonds is 9. The van der Waals surface area contributed by atoms with Crippen LogP contribution < -0.4 is 14.9 Å². The zero-order chi connectivity index (χ0) is 23.1. The molecule has 0 unspecified atom stereocenters. The summed E-state index contributed by atoms with van der Waals surface area (Å²) in [7, 11) is 3.16. The summed E-state index contributed by atoms with van der Waals surface area (Å²) in [6, 6.07) is 10.5. The van der Waals surface area contributed by atoms with E-state index in [1.54, 1.807) is 26.4 Å². The summed E-state index contributed by atoms with van der Waals surface area (Å²) < 4.78 is 13.4. The highest BCUT2D eigenvalue weighted by Crippen LogP contribution is 2.32. The molecule has 1 amide bonds. The molecule has 0 fully saturated rings. The summed E-state index contributed by atoms with van der Waals surface area (Å²) in [5.41, 5.74) is 3.76. The third-order valence-electron chi connectivity index (χ3n) is 4.39. The zero-order valence-electron chi connectivity index (χ0n) is 17.7. The van der Waals surface area contributed by atoms with Crippen molar-refractivity contribution in [3.05, 3.63) is 46.4 Å². The number of nitrogens with one attached hydrogen (secondary N) is 1. The lowest BCUT2D eigenvalue weighted by Gasteiger charge is -2.10. The topological polar surface area (TPSA) is 111 Å². The predicted octanol–water partition coefficient (Wildman–Crippen LogP) is 3.69. The number of hydrazone groups is 1. The number of amides is 1. The summed E-state index contributed by atoms with van der Waals surface area (Å²) in [5, 5.41) is 22.8. The molecule has 1 heterocycles. The number of nitrogens with zero attached hydrogens (tertiary/aromatic N) is 4. The highest BCUT2D eigenvalue weighted by atomic mass is 79.9. The fourth-order valence-corrected chi connectivity index (χ4v) is 4.01. The molecule has 0 saturated carbocycles. The van der Waals surface area contributed by atoms with E-state index in [9.17, 15) is 9.90 Å². The number of methoxy groups -OCH3 is 2. The van der Waals surface area contributed by atoms with Crippen LogP contribution in [0.2, 0.25) is 0 Å². The molecule has 0 aliphatic heterocycles. The molecule has 1 aromatic heterocycles. The number of phenols is 1. The number of ether oxygens (including phenoxy) is 2. The van der Waals surface area contributed by atoms with Crippen molar-refractivity contribution in [2.45, 2.75) is 18.6 Å². The van der Waals surface area contributed by atoms with Crippen LogP contribution in [0.15, 0.2) is 51.1 Å². The number of aromatic nitrogens is 3. The van der Waals surface area contributed by atoms with Crippen LogP contribution in [0.5, 0.6) is 17.2 Å². The first kappa shape index (κ1) is 23.6. The second-order valence-electron chi connectivity index (χ2n) is 6.41. The lowest BCUT2D eigenvalue weighted by molar-refractivity contribution is -0.118. The van der Waals surface area contributed by atoms with Gasteiger partial charge in [-0.25, -0.2) is 5.43 Å². The van der Waals surface area contributed by atoms with Gasteiger partial charge in [-0.05, 0) is 43.3 Å². The second kappa shape index (κ2) is 11.0. The van der Waals surface area contributed by atoms with Crippen LogP contribution in [0.4, 0.5) is 0 Å². The van der Waals surface area contributed by atoms with Crippen LogP contribution in [-0.2, 0) is 11.3 Å². The molecule has 0 bridgehead atoms. The van der Waals surface area contributed by atoms with Crippen molar-refractivity contribution < 1.29 is 19.4 Å². The minimum Gasteiger partial charge on any atom is -0.507 e. The molecule has 3 rings (SSSR count). The van der Waals surface area contributed by atoms with Gasteiger partial charge in [-0.15, -0.1) is 10.2 Å². The third kappa shape index (κ3) is 5.60. The third-order valence-corrected chi connectivity index (χ3v) is 5.85. The molecule has 2 N–H and O–H groups in total. The van der Waals surface area contributed by atoms with Gasteiger partial charge >= 0.3 is 0 Å². The van der Waals surface area contributed by atoms with Crippen LogP contribution in [0.25, 0.3) is 11.4 Å². The first-order valence-electron chi connectivity index (χ1n) is 9.55. The van der Waals surface area contributed by atoms with Crippen LogP contribution in [-0.4, -0.2) is 52.0 Å². The Hall–Kier alpha value is -3.05. The number of hydrogen-bond donors (Lipinski definition) is 2. The second-order valence-corrected chi connectivity index (χ2v) is 8.26. The SMILES string of the molecule is CCn1c(SCC(=O)NN=Cc2cc(Br)ccc2O)nnc1-c1ccc(OC)c(OC)c1. The van der Waals surface area contributed by atoms with Crippen LogP contribution >= 0.6 is 27.7 Å². The summed E-state index contributed by atoms with van der Waals surface area (Å²) in [6.07, 6.45) is 1.38. The van der Waals surface area contributed by atoms with Gasteiger partial charge in [-0.3, -0.25) is 4.79 Å². The monoisotopic (exact) mass is 519 g/mol. The molecule has 2 aromatic carbocycles. The van der Waals surface area contributed by atoms with Gasteiger partial charge in [0.1, 0.15) is 5.75 Å². The van der Waals surface area contributed by atoms with Crippen molar-refractivity contribution in [2.75, 3.05) is 20.0 Å². The Kier molecular flexibility index (Phi) is 8.12. The van der Waals surface area contributed by atoms with Crippen molar-refractivity contribution in [1.29, 1.82) is 0 Å². The largest absolute Gasteiger partial charge is 0.507 e. The number of carbonyl (C=O) groups excluding carboxylic acids is 1. The van der Waals surface area contributed by atoms with E-state index >= 15 is 0 Å². The van der Waals surface area contributed by atoms with Gasteiger partial charge in [0.25, 0.3) is 5.91 Å². The van der Waals surface area contributed by atoms with Gasteiger partial charge < -0.3 is 19.1 Å². The van der Waals surface area contributed by atoms with E-state index in [1.807, 2.05) is 29.7 Å². The number of halogens is 1. The Morgan fingerprint density at radius 1 is 1.22 bits per heavy atom. The lowest BCUT2D eigenvalue weighted by atomic mass is 10.2. The van der Waals surface area contributed by atoms with Gasteiger partial charge in [-0.2, -0.15) is 5.10 Å². The van der Waals surface area contributed by atoms with Gasteiger partial charge in [-0.1, -0.05) is 27.7 Å². The highest BCUT2D eigenvalue weighted by molar-refractivity contribution is 9.10. The van der Waals surface area contributed by atoms with Crippen LogP contribution in [0.1, 0.15) is 12.5 Å². The molecule has 0 saturated heterocycles. The average Bonchev–Trinajstić information content (AvgIpc) is 3.22. The van der Waals surface area contributed by atoms with E-state index in [4.69, 9.17) is 9.47 Å². The van der Waals surface area contributed by atoms with Gasteiger partial charge in [0, 0.05) is 22.1 Å². The molecular formula is C21H22BrN5O4S. The quantitative estimate of drug-likeness (QED) is 0.252. The first-order chi connectivity index (χ1) is 15.5. The number of hydrogen-bond acceptors (Lipinski definition) is 8. The number of aromatic hydroxyl groups is 1. The molecule has 9 nitrogen and oxygen atoms in total. The van der Waals surface area contributed by atoms with E-state index in [2.05, 4.69) is 36.7 Å². The Morgan fingerprint density at radius 3 is 2.72 bits per heavy atom. The van der Waals surface area contributed by atoms with Gasteiger partial charge in [0.2, 0.25) is 0 Å². The molecule has 0 spiro atoms. The Bertz CT molecular complexity index is 1140. The molecule has 11 heteroatoms. The van der Waals surface area contributed by atoms with E-state index in [-0.39, 0.29) is 17.4 Å². The smallest absolute Gasteiger partial charge is 0.250 e. The molecule has 168 valence electrons. The van der Waals surface area contributed by atoms with Crippen LogP contribution in [0, 0.1) is 0 Å². The number of benzene rings is 2. The summed E-state index contributed by atoms with van der Waals surface area (Å²) in [4.78, 5) is 12.2. The maximum absolute atomic E-state index is 12.2. The Labute approximate surface area is 198 Å². The molecular weight excluding hydrogens is 498 g/mol.